The predicted molar refractivity (Wildman–Crippen MR) is 96.1 cm³/mol. The average Bonchev–Trinajstić information content (AvgIpc) is 3.04. The normalized spacial score (nSPS) is 10.6. The van der Waals surface area contributed by atoms with E-state index in [0.29, 0.717) is 16.8 Å². The summed E-state index contributed by atoms with van der Waals surface area (Å²) in [6, 6.07) is 12.1. The summed E-state index contributed by atoms with van der Waals surface area (Å²) < 4.78 is 11.3. The molecular formula is C17H13BrN2O4S. The molecule has 6 nitrogen and oxygen atoms in total. The van der Waals surface area contributed by atoms with Gasteiger partial charge in [-0.1, -0.05) is 28.1 Å². The maximum atomic E-state index is 12.3. The van der Waals surface area contributed by atoms with E-state index in [-0.39, 0.29) is 21.7 Å². The van der Waals surface area contributed by atoms with E-state index in [4.69, 9.17) is 9.15 Å². The Kier molecular flexibility index (Phi) is 5.40. The van der Waals surface area contributed by atoms with E-state index in [2.05, 4.69) is 26.1 Å². The molecule has 128 valence electrons. The Balaban J connectivity index is 1.68. The minimum atomic E-state index is -0.376. The molecule has 0 aliphatic rings. The number of rotatable bonds is 5. The van der Waals surface area contributed by atoms with Crippen molar-refractivity contribution in [2.75, 3.05) is 7.11 Å². The summed E-state index contributed by atoms with van der Waals surface area (Å²) in [5.41, 5.74) is 1.16. The van der Waals surface area contributed by atoms with Crippen LogP contribution in [0, 0.1) is 0 Å². The number of phenolic OH excluding ortho intramolecular Hbond substituents is 1. The van der Waals surface area contributed by atoms with Crippen LogP contribution in [0.15, 0.2) is 56.6 Å². The van der Waals surface area contributed by atoms with Crippen LogP contribution in [0.5, 0.6) is 11.5 Å². The van der Waals surface area contributed by atoms with E-state index in [1.54, 1.807) is 19.2 Å². The summed E-state index contributed by atoms with van der Waals surface area (Å²) in [5, 5.41) is 17.4. The largest absolute Gasteiger partial charge is 0.507 e. The predicted octanol–water partition coefficient (Wildman–Crippen LogP) is 4.07. The molecular weight excluding hydrogens is 408 g/mol. The first-order chi connectivity index (χ1) is 12.0. The third kappa shape index (κ3) is 4.40. The quantitative estimate of drug-likeness (QED) is 0.622. The number of hydrogen-bond acceptors (Lipinski definition) is 7. The fourth-order valence-corrected chi connectivity index (χ4v) is 3.09. The van der Waals surface area contributed by atoms with Gasteiger partial charge in [-0.05, 0) is 35.9 Å². The number of methoxy groups -OCH3 is 1. The van der Waals surface area contributed by atoms with Gasteiger partial charge in [-0.15, -0.1) is 10.2 Å². The van der Waals surface area contributed by atoms with Crippen LogP contribution in [-0.4, -0.2) is 27.5 Å². The lowest BCUT2D eigenvalue weighted by atomic mass is 10.1. The Labute approximate surface area is 156 Å². The Morgan fingerprint density at radius 3 is 2.72 bits per heavy atom. The lowest BCUT2D eigenvalue weighted by molar-refractivity contribution is 0.108. The Bertz CT molecular complexity index is 896. The van der Waals surface area contributed by atoms with Crippen LogP contribution in [0.3, 0.4) is 0 Å². The summed E-state index contributed by atoms with van der Waals surface area (Å²) in [4.78, 5) is 12.3. The molecule has 2 aromatic carbocycles. The van der Waals surface area contributed by atoms with E-state index >= 15 is 0 Å². The lowest BCUT2D eigenvalue weighted by Gasteiger charge is -2.02. The zero-order valence-corrected chi connectivity index (χ0v) is 15.5. The van der Waals surface area contributed by atoms with Crippen molar-refractivity contribution in [2.24, 2.45) is 0 Å². The second-order valence-corrected chi connectivity index (χ2v) is 6.88. The number of halogens is 1. The van der Waals surface area contributed by atoms with Gasteiger partial charge in [-0.3, -0.25) is 4.79 Å². The molecule has 0 spiro atoms. The number of aromatic nitrogens is 2. The Hall–Kier alpha value is -2.32. The molecule has 0 atom stereocenters. The molecule has 0 saturated carbocycles. The molecule has 0 amide bonds. The van der Waals surface area contributed by atoms with Crippen molar-refractivity contribution in [2.45, 2.75) is 11.6 Å². The highest BCUT2D eigenvalue weighted by atomic mass is 79.9. The number of phenols is 1. The summed E-state index contributed by atoms with van der Waals surface area (Å²) in [6.07, 6.45) is 0.452. The zero-order valence-electron chi connectivity index (χ0n) is 13.1. The van der Waals surface area contributed by atoms with Gasteiger partial charge in [0.1, 0.15) is 11.5 Å². The van der Waals surface area contributed by atoms with E-state index < -0.39 is 0 Å². The minimum absolute atomic E-state index is 0.0985. The van der Waals surface area contributed by atoms with Gasteiger partial charge in [0.2, 0.25) is 11.0 Å². The fourth-order valence-electron chi connectivity index (χ4n) is 2.07. The van der Waals surface area contributed by atoms with Crippen molar-refractivity contribution >= 4 is 32.8 Å². The van der Waals surface area contributed by atoms with E-state index in [1.807, 2.05) is 24.3 Å². The fraction of sp³-hybridized carbons (Fsp3) is 0.118. The highest BCUT2D eigenvalue weighted by Gasteiger charge is 2.17. The molecule has 0 radical (unpaired) electrons. The van der Waals surface area contributed by atoms with Gasteiger partial charge in [0.15, 0.2) is 0 Å². The third-order valence-electron chi connectivity index (χ3n) is 3.32. The van der Waals surface area contributed by atoms with E-state index in [1.165, 1.54) is 6.07 Å². The van der Waals surface area contributed by atoms with Crippen molar-refractivity contribution in [3.05, 3.63) is 64.0 Å². The highest BCUT2D eigenvalue weighted by Crippen LogP contribution is 2.29. The van der Waals surface area contributed by atoms with Crippen molar-refractivity contribution in [1.82, 2.24) is 10.2 Å². The highest BCUT2D eigenvalue weighted by molar-refractivity contribution is 9.10. The van der Waals surface area contributed by atoms with Gasteiger partial charge >= 0.3 is 0 Å². The molecule has 1 N–H and O–H groups in total. The maximum Gasteiger partial charge on any atom is 0.284 e. The van der Waals surface area contributed by atoms with Gasteiger partial charge in [0, 0.05) is 16.2 Å². The van der Waals surface area contributed by atoms with Crippen molar-refractivity contribution < 1.29 is 19.1 Å². The van der Waals surface area contributed by atoms with Gasteiger partial charge in [-0.2, -0.15) is 0 Å². The number of thioether (sulfide) groups is 1. The van der Waals surface area contributed by atoms with Gasteiger partial charge < -0.3 is 14.3 Å². The van der Waals surface area contributed by atoms with E-state index in [0.717, 1.165) is 23.1 Å². The molecule has 25 heavy (non-hydrogen) atoms. The SMILES string of the molecule is COc1ccc(Cc2nnc(SC(=O)c3cc(Br)ccc3O)o2)cc1. The molecule has 0 bridgehead atoms. The standard InChI is InChI=1S/C17H13BrN2O4S/c1-23-12-5-2-10(3-6-12)8-15-19-20-17(24-15)25-16(22)13-9-11(18)4-7-14(13)21/h2-7,9,21H,8H2,1H3. The van der Waals surface area contributed by atoms with Gasteiger partial charge in [0.05, 0.1) is 19.1 Å². The first-order valence-corrected chi connectivity index (χ1v) is 8.82. The number of carbonyl (C=O) groups is 1. The van der Waals surface area contributed by atoms with Crippen LogP contribution < -0.4 is 4.74 Å². The van der Waals surface area contributed by atoms with Gasteiger partial charge in [0.25, 0.3) is 5.22 Å². The zero-order chi connectivity index (χ0) is 17.8. The monoisotopic (exact) mass is 420 g/mol. The smallest absolute Gasteiger partial charge is 0.284 e. The number of nitrogens with zero attached hydrogens (tertiary/aromatic N) is 2. The molecule has 3 rings (SSSR count). The number of carbonyl (C=O) groups excluding carboxylic acids is 1. The van der Waals surface area contributed by atoms with Crippen LogP contribution in [-0.2, 0) is 6.42 Å². The first-order valence-electron chi connectivity index (χ1n) is 7.21. The molecule has 0 aliphatic heterocycles. The summed E-state index contributed by atoms with van der Waals surface area (Å²) in [6.45, 7) is 0. The summed E-state index contributed by atoms with van der Waals surface area (Å²) in [5.74, 6) is 1.07. The summed E-state index contributed by atoms with van der Waals surface area (Å²) >= 11 is 4.05. The van der Waals surface area contributed by atoms with Crippen molar-refractivity contribution in [3.8, 4) is 11.5 Å². The molecule has 8 heteroatoms. The molecule has 3 aromatic rings. The molecule has 0 fully saturated rings. The van der Waals surface area contributed by atoms with Crippen LogP contribution in [0.2, 0.25) is 0 Å². The molecule has 0 aliphatic carbocycles. The summed E-state index contributed by atoms with van der Waals surface area (Å²) in [7, 11) is 1.61. The number of ether oxygens (including phenoxy) is 1. The molecule has 1 aromatic heterocycles. The lowest BCUT2D eigenvalue weighted by Crippen LogP contribution is -1.94. The molecule has 1 heterocycles. The number of hydrogen-bond donors (Lipinski definition) is 1. The van der Waals surface area contributed by atoms with E-state index in [9.17, 15) is 9.90 Å². The number of benzene rings is 2. The van der Waals surface area contributed by atoms with Crippen LogP contribution >= 0.6 is 27.7 Å². The van der Waals surface area contributed by atoms with Crippen LogP contribution in [0.4, 0.5) is 0 Å². The maximum absolute atomic E-state index is 12.3. The van der Waals surface area contributed by atoms with Crippen LogP contribution in [0.1, 0.15) is 21.8 Å². The Morgan fingerprint density at radius 1 is 1.24 bits per heavy atom. The third-order valence-corrected chi connectivity index (χ3v) is 4.56. The van der Waals surface area contributed by atoms with Crippen molar-refractivity contribution in [1.29, 1.82) is 0 Å². The minimum Gasteiger partial charge on any atom is -0.507 e. The topological polar surface area (TPSA) is 85.5 Å². The van der Waals surface area contributed by atoms with Crippen LogP contribution in [0.25, 0.3) is 0 Å². The van der Waals surface area contributed by atoms with Gasteiger partial charge in [-0.25, -0.2) is 0 Å². The molecule has 0 saturated heterocycles. The second-order valence-electron chi connectivity index (χ2n) is 5.04. The Morgan fingerprint density at radius 2 is 2.00 bits per heavy atom. The second kappa shape index (κ2) is 7.71. The molecule has 0 unspecified atom stereocenters. The average molecular weight is 421 g/mol. The number of aromatic hydroxyl groups is 1. The van der Waals surface area contributed by atoms with Crippen molar-refractivity contribution in [3.63, 3.8) is 0 Å². The first kappa shape index (κ1) is 17.5.